The highest BCUT2D eigenvalue weighted by atomic mass is 35.5. The first kappa shape index (κ1) is 17.6. The first-order valence-corrected chi connectivity index (χ1v) is 8.66. The van der Waals surface area contributed by atoms with E-state index in [1.165, 1.54) is 0 Å². The van der Waals surface area contributed by atoms with Gasteiger partial charge in [0.25, 0.3) is 0 Å². The van der Waals surface area contributed by atoms with Gasteiger partial charge < -0.3 is 16.0 Å². The van der Waals surface area contributed by atoms with Gasteiger partial charge in [0, 0.05) is 23.0 Å². The number of hydrogen-bond donors (Lipinski definition) is 3. The number of carbonyl (C=O) groups is 2. The van der Waals surface area contributed by atoms with E-state index in [2.05, 4.69) is 16.0 Å². The molecular formula is C18H17Cl2N3O2. The molecule has 0 saturated heterocycles. The van der Waals surface area contributed by atoms with E-state index in [0.29, 0.717) is 15.7 Å². The van der Waals surface area contributed by atoms with Crippen molar-refractivity contribution >= 4 is 52.1 Å². The highest BCUT2D eigenvalue weighted by Crippen LogP contribution is 2.30. The summed E-state index contributed by atoms with van der Waals surface area (Å²) in [5.41, 5.74) is 2.12. The lowest BCUT2D eigenvalue weighted by atomic mass is 10.2. The van der Waals surface area contributed by atoms with Gasteiger partial charge in [0.2, 0.25) is 11.8 Å². The molecule has 7 heteroatoms. The number of benzene rings is 2. The Hall–Kier alpha value is -2.24. The molecule has 3 N–H and O–H groups in total. The number of halogens is 2. The molecule has 2 aromatic carbocycles. The van der Waals surface area contributed by atoms with Crippen LogP contribution in [0.25, 0.3) is 0 Å². The summed E-state index contributed by atoms with van der Waals surface area (Å²) in [6, 6.07) is 12.1. The Bertz CT molecular complexity index is 789. The highest BCUT2D eigenvalue weighted by Gasteiger charge is 2.29. The fraction of sp³-hybridized carbons (Fsp3) is 0.222. The molecule has 0 spiro atoms. The third-order valence-electron chi connectivity index (χ3n) is 3.76. The van der Waals surface area contributed by atoms with Gasteiger partial charge in [0.05, 0.1) is 16.6 Å². The van der Waals surface area contributed by atoms with Crippen LogP contribution in [0.3, 0.4) is 0 Å². The average molecular weight is 378 g/mol. The minimum absolute atomic E-state index is 0.0710. The Morgan fingerprint density at radius 1 is 0.880 bits per heavy atom. The van der Waals surface area contributed by atoms with Crippen LogP contribution in [0.2, 0.25) is 10.0 Å². The van der Waals surface area contributed by atoms with Crippen LogP contribution in [0.1, 0.15) is 12.8 Å². The summed E-state index contributed by atoms with van der Waals surface area (Å²) in [5, 5.41) is 9.45. The number of rotatable bonds is 6. The molecule has 5 nitrogen and oxygen atoms in total. The molecule has 1 aliphatic rings. The molecule has 1 saturated carbocycles. The second-order valence-corrected chi connectivity index (χ2v) is 6.69. The van der Waals surface area contributed by atoms with Crippen LogP contribution in [-0.2, 0) is 9.59 Å². The molecule has 0 atom stereocenters. The first-order valence-electron chi connectivity index (χ1n) is 7.91. The summed E-state index contributed by atoms with van der Waals surface area (Å²) in [6.07, 6.45) is 1.94. The predicted octanol–water partition coefficient (Wildman–Crippen LogP) is 4.39. The van der Waals surface area contributed by atoms with Crippen LogP contribution in [0, 0.1) is 5.92 Å². The van der Waals surface area contributed by atoms with Crippen LogP contribution in [-0.4, -0.2) is 18.4 Å². The van der Waals surface area contributed by atoms with Gasteiger partial charge in [-0.15, -0.1) is 0 Å². The average Bonchev–Trinajstić information content (AvgIpc) is 3.43. The van der Waals surface area contributed by atoms with E-state index < -0.39 is 0 Å². The molecule has 0 aliphatic heterocycles. The molecule has 0 unspecified atom stereocenters. The summed E-state index contributed by atoms with van der Waals surface area (Å²) in [7, 11) is 0. The molecular weight excluding hydrogens is 361 g/mol. The molecule has 2 aromatic rings. The quantitative estimate of drug-likeness (QED) is 0.698. The summed E-state index contributed by atoms with van der Waals surface area (Å²) in [4.78, 5) is 23.7. The lowest BCUT2D eigenvalue weighted by Crippen LogP contribution is -2.21. The van der Waals surface area contributed by atoms with Crippen LogP contribution >= 0.6 is 23.2 Å². The minimum Gasteiger partial charge on any atom is -0.376 e. The second kappa shape index (κ2) is 7.76. The first-order chi connectivity index (χ1) is 12.0. The zero-order valence-corrected chi connectivity index (χ0v) is 14.8. The van der Waals surface area contributed by atoms with Crippen LogP contribution in [0.4, 0.5) is 17.1 Å². The van der Waals surface area contributed by atoms with Crippen molar-refractivity contribution in [3.63, 3.8) is 0 Å². The molecule has 1 aliphatic carbocycles. The Balaban J connectivity index is 1.48. The maximum atomic E-state index is 12.0. The van der Waals surface area contributed by atoms with Crippen molar-refractivity contribution in [3.05, 3.63) is 52.5 Å². The molecule has 25 heavy (non-hydrogen) atoms. The van der Waals surface area contributed by atoms with E-state index in [0.717, 1.165) is 24.2 Å². The van der Waals surface area contributed by atoms with Crippen molar-refractivity contribution in [3.8, 4) is 0 Å². The standard InChI is InChI=1S/C18H17Cl2N3O2/c19-15-8-7-14(9-16(15)20)22-17(24)10-21-12-3-5-13(6-4-12)23-18(25)11-1-2-11/h3-9,11,21H,1-2,10H2,(H,22,24)(H,23,25). The molecule has 0 bridgehead atoms. The van der Waals surface area contributed by atoms with Gasteiger partial charge in [-0.2, -0.15) is 0 Å². The van der Waals surface area contributed by atoms with Crippen molar-refractivity contribution in [2.24, 2.45) is 5.92 Å². The largest absolute Gasteiger partial charge is 0.376 e. The smallest absolute Gasteiger partial charge is 0.243 e. The van der Waals surface area contributed by atoms with E-state index in [1.807, 2.05) is 12.1 Å². The second-order valence-electron chi connectivity index (χ2n) is 5.87. The van der Waals surface area contributed by atoms with Crippen molar-refractivity contribution in [2.75, 3.05) is 22.5 Å². The van der Waals surface area contributed by atoms with E-state index in [-0.39, 0.29) is 24.3 Å². The van der Waals surface area contributed by atoms with E-state index in [9.17, 15) is 9.59 Å². The molecule has 130 valence electrons. The summed E-state index contributed by atoms with van der Waals surface area (Å²) in [6.45, 7) is 0.105. The van der Waals surface area contributed by atoms with Gasteiger partial charge in [-0.1, -0.05) is 23.2 Å². The number of carbonyl (C=O) groups excluding carboxylic acids is 2. The highest BCUT2D eigenvalue weighted by molar-refractivity contribution is 6.42. The maximum absolute atomic E-state index is 12.0. The summed E-state index contributed by atoms with van der Waals surface area (Å²) >= 11 is 11.8. The zero-order valence-electron chi connectivity index (χ0n) is 13.3. The fourth-order valence-electron chi connectivity index (χ4n) is 2.22. The third-order valence-corrected chi connectivity index (χ3v) is 4.50. The third kappa shape index (κ3) is 5.11. The number of amides is 2. The molecule has 0 radical (unpaired) electrons. The van der Waals surface area contributed by atoms with Crippen molar-refractivity contribution in [1.29, 1.82) is 0 Å². The van der Waals surface area contributed by atoms with Gasteiger partial charge in [-0.25, -0.2) is 0 Å². The zero-order chi connectivity index (χ0) is 17.8. The maximum Gasteiger partial charge on any atom is 0.243 e. The number of hydrogen-bond acceptors (Lipinski definition) is 3. The monoisotopic (exact) mass is 377 g/mol. The van der Waals surface area contributed by atoms with Gasteiger partial charge >= 0.3 is 0 Å². The van der Waals surface area contributed by atoms with E-state index in [1.54, 1.807) is 30.3 Å². The van der Waals surface area contributed by atoms with Gasteiger partial charge in [-0.3, -0.25) is 9.59 Å². The van der Waals surface area contributed by atoms with E-state index >= 15 is 0 Å². The topological polar surface area (TPSA) is 70.2 Å². The normalized spacial score (nSPS) is 13.2. The Morgan fingerprint density at radius 3 is 2.16 bits per heavy atom. The van der Waals surface area contributed by atoms with Gasteiger partial charge in [-0.05, 0) is 55.3 Å². The molecule has 2 amide bonds. The number of nitrogens with one attached hydrogen (secondary N) is 3. The minimum atomic E-state index is -0.204. The Morgan fingerprint density at radius 2 is 1.52 bits per heavy atom. The predicted molar refractivity (Wildman–Crippen MR) is 101 cm³/mol. The van der Waals surface area contributed by atoms with Gasteiger partial charge in [0.1, 0.15) is 0 Å². The lowest BCUT2D eigenvalue weighted by Gasteiger charge is -2.09. The Kier molecular flexibility index (Phi) is 5.46. The molecule has 3 rings (SSSR count). The lowest BCUT2D eigenvalue weighted by molar-refractivity contribution is -0.117. The van der Waals surface area contributed by atoms with Crippen molar-refractivity contribution < 1.29 is 9.59 Å². The van der Waals surface area contributed by atoms with E-state index in [4.69, 9.17) is 23.2 Å². The van der Waals surface area contributed by atoms with Crippen LogP contribution in [0.15, 0.2) is 42.5 Å². The SMILES string of the molecule is O=C(CNc1ccc(NC(=O)C2CC2)cc1)Nc1ccc(Cl)c(Cl)c1. The van der Waals surface area contributed by atoms with Crippen molar-refractivity contribution in [2.45, 2.75) is 12.8 Å². The Labute approximate surface area is 155 Å². The van der Waals surface area contributed by atoms with Crippen LogP contribution < -0.4 is 16.0 Å². The molecule has 0 heterocycles. The summed E-state index contributed by atoms with van der Waals surface area (Å²) < 4.78 is 0. The van der Waals surface area contributed by atoms with Crippen molar-refractivity contribution in [1.82, 2.24) is 0 Å². The molecule has 0 aromatic heterocycles. The summed E-state index contributed by atoms with van der Waals surface area (Å²) in [5.74, 6) is 0.0362. The fourth-order valence-corrected chi connectivity index (χ4v) is 2.52. The number of anilines is 3. The molecule has 1 fully saturated rings. The van der Waals surface area contributed by atoms with Gasteiger partial charge in [0.15, 0.2) is 0 Å². The van der Waals surface area contributed by atoms with Crippen LogP contribution in [0.5, 0.6) is 0 Å².